The Morgan fingerprint density at radius 1 is 0.913 bits per heavy atom. The van der Waals surface area contributed by atoms with Crippen LogP contribution in [-0.2, 0) is 6.18 Å². The highest BCUT2D eigenvalue weighted by Crippen LogP contribution is 2.40. The minimum Gasteiger partial charge on any atom is -0.284 e. The maximum absolute atomic E-state index is 12.8. The van der Waals surface area contributed by atoms with E-state index in [0.717, 1.165) is 0 Å². The third kappa shape index (κ3) is 3.67. The Balaban J connectivity index is 2.78. The molecule has 0 bridgehead atoms. The summed E-state index contributed by atoms with van der Waals surface area (Å²) in [4.78, 5) is 11.5. The molecule has 122 valence electrons. The van der Waals surface area contributed by atoms with Crippen molar-refractivity contribution in [3.8, 4) is 11.1 Å². The summed E-state index contributed by atoms with van der Waals surface area (Å²) in [5, 5.41) is -0.585. The van der Waals surface area contributed by atoms with Crippen LogP contribution in [0.2, 0.25) is 5.02 Å². The Kier molecular flexibility index (Phi) is 4.43. The first-order valence-electron chi connectivity index (χ1n) is 6.09. The number of benzene rings is 2. The summed E-state index contributed by atoms with van der Waals surface area (Å²) in [6, 6.07) is 7.85. The van der Waals surface area contributed by atoms with E-state index in [1.54, 1.807) is 6.07 Å². The Bertz CT molecular complexity index is 734. The van der Waals surface area contributed by atoms with Gasteiger partial charge in [-0.15, -0.1) is 0 Å². The zero-order chi connectivity index (χ0) is 17.4. The van der Waals surface area contributed by atoms with E-state index in [1.165, 1.54) is 24.3 Å². The van der Waals surface area contributed by atoms with Crippen LogP contribution < -0.4 is 0 Å². The lowest BCUT2D eigenvalue weighted by atomic mass is 9.94. The van der Waals surface area contributed by atoms with E-state index in [4.69, 9.17) is 11.6 Å². The number of halogens is 7. The number of hydrogen-bond donors (Lipinski definition) is 0. The van der Waals surface area contributed by atoms with E-state index < -0.39 is 34.3 Å². The van der Waals surface area contributed by atoms with Crippen LogP contribution in [-0.4, -0.2) is 12.0 Å². The lowest BCUT2D eigenvalue weighted by Gasteiger charge is -2.16. The highest BCUT2D eigenvalue weighted by Gasteiger charge is 2.42. The molecule has 2 aromatic carbocycles. The van der Waals surface area contributed by atoms with Gasteiger partial charge in [0.25, 0.3) is 5.78 Å². The molecule has 0 saturated heterocycles. The fraction of sp³-hybridized carbons (Fsp3) is 0.133. The molecule has 0 aliphatic carbocycles. The number of carbonyl (C=O) groups excluding carboxylic acids is 1. The number of carbonyl (C=O) groups is 1. The van der Waals surface area contributed by atoms with Gasteiger partial charge in [0.1, 0.15) is 0 Å². The molecule has 0 aliphatic rings. The maximum atomic E-state index is 12.8. The second-order valence-corrected chi connectivity index (χ2v) is 4.98. The van der Waals surface area contributed by atoms with Gasteiger partial charge in [0, 0.05) is 16.1 Å². The van der Waals surface area contributed by atoms with Gasteiger partial charge in [-0.05, 0) is 17.7 Å². The fourth-order valence-corrected chi connectivity index (χ4v) is 2.33. The van der Waals surface area contributed by atoms with Crippen LogP contribution in [0.15, 0.2) is 42.5 Å². The topological polar surface area (TPSA) is 17.1 Å². The molecule has 0 saturated carbocycles. The van der Waals surface area contributed by atoms with Crippen LogP contribution in [0.5, 0.6) is 0 Å². The Labute approximate surface area is 131 Å². The first-order chi connectivity index (χ1) is 10.5. The van der Waals surface area contributed by atoms with Crippen molar-refractivity contribution >= 4 is 17.4 Å². The average molecular weight is 353 g/mol. The second kappa shape index (κ2) is 5.88. The van der Waals surface area contributed by atoms with Gasteiger partial charge in [0.15, 0.2) is 0 Å². The average Bonchev–Trinajstić information content (AvgIpc) is 2.44. The highest BCUT2D eigenvalue weighted by molar-refractivity contribution is 6.34. The molecule has 2 rings (SSSR count). The van der Waals surface area contributed by atoms with Crippen LogP contribution >= 0.6 is 11.6 Å². The van der Waals surface area contributed by atoms with E-state index in [0.29, 0.717) is 6.07 Å². The van der Waals surface area contributed by atoms with Crippen LogP contribution in [0, 0.1) is 0 Å². The zero-order valence-corrected chi connectivity index (χ0v) is 11.9. The van der Waals surface area contributed by atoms with Crippen LogP contribution in [0.4, 0.5) is 26.3 Å². The van der Waals surface area contributed by atoms with E-state index in [-0.39, 0.29) is 17.2 Å². The molecule has 0 N–H and O–H groups in total. The smallest absolute Gasteiger partial charge is 0.284 e. The normalized spacial score (nSPS) is 12.3. The molecule has 0 fully saturated rings. The number of rotatable bonds is 2. The molecule has 0 radical (unpaired) electrons. The van der Waals surface area contributed by atoms with Gasteiger partial charge in [0.05, 0.1) is 5.56 Å². The summed E-state index contributed by atoms with van der Waals surface area (Å²) in [6.45, 7) is 0. The molecule has 0 unspecified atom stereocenters. The van der Waals surface area contributed by atoms with Crippen molar-refractivity contribution in [2.45, 2.75) is 12.4 Å². The third-order valence-electron chi connectivity index (χ3n) is 2.98. The molecule has 0 aliphatic heterocycles. The first-order valence-corrected chi connectivity index (χ1v) is 6.47. The predicted molar refractivity (Wildman–Crippen MR) is 72.3 cm³/mol. The minimum atomic E-state index is -5.32. The third-order valence-corrected chi connectivity index (χ3v) is 3.28. The van der Waals surface area contributed by atoms with E-state index >= 15 is 0 Å². The lowest BCUT2D eigenvalue weighted by molar-refractivity contribution is -0.137. The van der Waals surface area contributed by atoms with Gasteiger partial charge >= 0.3 is 12.4 Å². The van der Waals surface area contributed by atoms with Crippen molar-refractivity contribution in [3.63, 3.8) is 0 Å². The van der Waals surface area contributed by atoms with Crippen LogP contribution in [0.1, 0.15) is 15.9 Å². The van der Waals surface area contributed by atoms with Crippen molar-refractivity contribution < 1.29 is 31.1 Å². The largest absolute Gasteiger partial charge is 0.454 e. The lowest BCUT2D eigenvalue weighted by Crippen LogP contribution is -2.24. The summed E-state index contributed by atoms with van der Waals surface area (Å²) >= 11 is 5.75. The quantitative estimate of drug-likeness (QED) is 0.495. The van der Waals surface area contributed by atoms with E-state index in [9.17, 15) is 31.1 Å². The molecule has 0 amide bonds. The van der Waals surface area contributed by atoms with Crippen molar-refractivity contribution in [1.82, 2.24) is 0 Å². The molecule has 0 aromatic heterocycles. The molecule has 23 heavy (non-hydrogen) atoms. The Morgan fingerprint density at radius 2 is 1.48 bits per heavy atom. The van der Waals surface area contributed by atoms with E-state index in [1.807, 2.05) is 0 Å². The van der Waals surface area contributed by atoms with Gasteiger partial charge in [-0.25, -0.2) is 0 Å². The molecule has 1 nitrogen and oxygen atoms in total. The molecular formula is C15H7ClF6O. The molecule has 0 spiro atoms. The van der Waals surface area contributed by atoms with Crippen molar-refractivity contribution in [1.29, 1.82) is 0 Å². The van der Waals surface area contributed by atoms with Gasteiger partial charge < -0.3 is 0 Å². The first kappa shape index (κ1) is 17.3. The fourth-order valence-electron chi connectivity index (χ4n) is 2.00. The standard InChI is InChI=1S/C15H7ClF6O/c16-11-7-9(14(17,18)19)6-10(13(23)15(20,21)22)12(11)8-4-2-1-3-5-8/h1-7H. The monoisotopic (exact) mass is 352 g/mol. The summed E-state index contributed by atoms with van der Waals surface area (Å²) in [6.07, 6.45) is -10.3. The van der Waals surface area contributed by atoms with Crippen molar-refractivity contribution in [3.05, 3.63) is 58.6 Å². The molecule has 0 atom stereocenters. The molecule has 0 heterocycles. The SMILES string of the molecule is O=C(c1cc(C(F)(F)F)cc(Cl)c1-c1ccccc1)C(F)(F)F. The summed E-state index contributed by atoms with van der Waals surface area (Å²) in [5.41, 5.74) is -2.83. The number of alkyl halides is 6. The van der Waals surface area contributed by atoms with Crippen LogP contribution in [0.25, 0.3) is 11.1 Å². The second-order valence-electron chi connectivity index (χ2n) is 4.57. The highest BCUT2D eigenvalue weighted by atomic mass is 35.5. The number of Topliss-reactive ketones (excluding diaryl/α,β-unsaturated/α-hetero) is 1. The Hall–Kier alpha value is -2.02. The maximum Gasteiger partial charge on any atom is 0.454 e. The van der Waals surface area contributed by atoms with Gasteiger partial charge in [-0.1, -0.05) is 41.9 Å². The summed E-state index contributed by atoms with van der Waals surface area (Å²) in [5.74, 6) is -2.38. The van der Waals surface area contributed by atoms with Gasteiger partial charge in [-0.3, -0.25) is 4.79 Å². The molecular weight excluding hydrogens is 346 g/mol. The molecule has 2 aromatic rings. The Morgan fingerprint density at radius 3 is 1.96 bits per heavy atom. The molecule has 8 heteroatoms. The van der Waals surface area contributed by atoms with E-state index in [2.05, 4.69) is 0 Å². The van der Waals surface area contributed by atoms with Crippen molar-refractivity contribution in [2.24, 2.45) is 0 Å². The van der Waals surface area contributed by atoms with Crippen molar-refractivity contribution in [2.75, 3.05) is 0 Å². The summed E-state index contributed by atoms with van der Waals surface area (Å²) < 4.78 is 76.5. The number of hydrogen-bond acceptors (Lipinski definition) is 1. The predicted octanol–water partition coefficient (Wildman–Crippen LogP) is 5.77. The minimum absolute atomic E-state index is 0.110. The van der Waals surface area contributed by atoms with Gasteiger partial charge in [-0.2, -0.15) is 26.3 Å². The number of ketones is 1. The summed E-state index contributed by atoms with van der Waals surface area (Å²) in [7, 11) is 0. The van der Waals surface area contributed by atoms with Crippen LogP contribution in [0.3, 0.4) is 0 Å². The van der Waals surface area contributed by atoms with Gasteiger partial charge in [0.2, 0.25) is 0 Å². The zero-order valence-electron chi connectivity index (χ0n) is 11.1.